The molecule has 1 atom stereocenters. The van der Waals surface area contributed by atoms with Gasteiger partial charge in [0.1, 0.15) is 0 Å². The summed E-state index contributed by atoms with van der Waals surface area (Å²) in [7, 11) is 0. The van der Waals surface area contributed by atoms with Gasteiger partial charge in [0, 0.05) is 19.0 Å². The topological polar surface area (TPSA) is 63.6 Å². The fourth-order valence-corrected chi connectivity index (χ4v) is 1.54. The lowest BCUT2D eigenvalue weighted by Gasteiger charge is -1.99. The van der Waals surface area contributed by atoms with Gasteiger partial charge in [0.2, 0.25) is 6.29 Å². The third kappa shape index (κ3) is 4.63. The van der Waals surface area contributed by atoms with Crippen LogP contribution in [-0.4, -0.2) is 23.1 Å². The number of ether oxygens (including phenoxy) is 1. The number of hydrogen-bond acceptors (Lipinski definition) is 4. The molecular formula is C15H28O4. The second-order valence-corrected chi connectivity index (χ2v) is 4.39. The van der Waals surface area contributed by atoms with Crippen molar-refractivity contribution < 1.29 is 20.9 Å². The van der Waals surface area contributed by atoms with E-state index in [9.17, 15) is 9.59 Å². The van der Waals surface area contributed by atoms with Crippen LogP contribution in [0.1, 0.15) is 56.8 Å². The van der Waals surface area contributed by atoms with Crippen molar-refractivity contribution in [1.29, 1.82) is 0 Å². The smallest absolute Gasteiger partial charge is 0.336 e. The Morgan fingerprint density at radius 2 is 1.58 bits per heavy atom. The third-order valence-corrected chi connectivity index (χ3v) is 3.27. The van der Waals surface area contributed by atoms with E-state index in [0.29, 0.717) is 16.9 Å². The number of hydrogen-bond donors (Lipinski definition) is 1. The molecule has 1 aliphatic heterocycles. The van der Waals surface area contributed by atoms with Crippen LogP contribution in [0.15, 0.2) is 22.3 Å². The first kappa shape index (κ1) is 19.9. The van der Waals surface area contributed by atoms with E-state index in [1.165, 1.54) is 5.57 Å². The zero-order chi connectivity index (χ0) is 13.2. The highest BCUT2D eigenvalue weighted by atomic mass is 16.6. The van der Waals surface area contributed by atoms with Crippen LogP contribution in [0.3, 0.4) is 0 Å². The summed E-state index contributed by atoms with van der Waals surface area (Å²) >= 11 is 0. The van der Waals surface area contributed by atoms with Crippen molar-refractivity contribution in [1.82, 2.24) is 0 Å². The molecule has 0 radical (unpaired) electrons. The van der Waals surface area contributed by atoms with Crippen LogP contribution >= 0.6 is 0 Å². The average molecular weight is 272 g/mol. The molecule has 4 heteroatoms. The van der Waals surface area contributed by atoms with E-state index in [4.69, 9.17) is 5.11 Å². The molecule has 1 aliphatic carbocycles. The van der Waals surface area contributed by atoms with Gasteiger partial charge >= 0.3 is 5.97 Å². The fourth-order valence-electron chi connectivity index (χ4n) is 1.54. The molecule has 112 valence electrons. The Bertz CT molecular complexity index is 422. The highest BCUT2D eigenvalue weighted by Crippen LogP contribution is 2.20. The van der Waals surface area contributed by atoms with Crippen LogP contribution < -0.4 is 0 Å². The standard InChI is InChI=1S/C7H10O.C6H8O3.2CH4.H2/c1-5-3-4-7(8)6(5)2;1-3-4(2)6(8)9-5(3)7;;;/h3-4H2,1-2H3;5,7H,1-2H3;2*1H4;1H. The molecule has 1 unspecified atom stereocenters. The van der Waals surface area contributed by atoms with Gasteiger partial charge in [-0.3, -0.25) is 4.79 Å². The van der Waals surface area contributed by atoms with Crippen LogP contribution in [0.4, 0.5) is 0 Å². The number of carbonyl (C=O) groups is 2. The predicted molar refractivity (Wildman–Crippen MR) is 78.7 cm³/mol. The molecule has 0 saturated carbocycles. The number of aliphatic hydroxyl groups excluding tert-OH is 1. The Labute approximate surface area is 117 Å². The van der Waals surface area contributed by atoms with Gasteiger partial charge in [-0.25, -0.2) is 4.79 Å². The first-order chi connectivity index (χ1) is 7.84. The minimum absolute atomic E-state index is 0. The van der Waals surface area contributed by atoms with Crippen LogP contribution in [0.5, 0.6) is 0 Å². The molecule has 4 nitrogen and oxygen atoms in total. The van der Waals surface area contributed by atoms with Gasteiger partial charge in [-0.2, -0.15) is 0 Å². The third-order valence-electron chi connectivity index (χ3n) is 3.27. The zero-order valence-corrected chi connectivity index (χ0v) is 10.7. The molecule has 0 aromatic heterocycles. The van der Waals surface area contributed by atoms with Crippen molar-refractivity contribution in [3.8, 4) is 0 Å². The molecule has 0 bridgehead atoms. The summed E-state index contributed by atoms with van der Waals surface area (Å²) in [5.74, 6) is -0.0810. The van der Waals surface area contributed by atoms with Crippen molar-refractivity contribution in [3.63, 3.8) is 0 Å². The Hall–Kier alpha value is -1.42. The van der Waals surface area contributed by atoms with E-state index >= 15 is 0 Å². The summed E-state index contributed by atoms with van der Waals surface area (Å²) in [5.41, 5.74) is 3.39. The van der Waals surface area contributed by atoms with E-state index < -0.39 is 12.3 Å². The number of carbonyl (C=O) groups excluding carboxylic acids is 2. The average Bonchev–Trinajstić information content (AvgIpc) is 2.69. The number of allylic oxidation sites excluding steroid dienone is 2. The van der Waals surface area contributed by atoms with Crippen molar-refractivity contribution in [2.24, 2.45) is 0 Å². The van der Waals surface area contributed by atoms with Gasteiger partial charge in [-0.1, -0.05) is 20.4 Å². The first-order valence-electron chi connectivity index (χ1n) is 5.60. The van der Waals surface area contributed by atoms with Crippen molar-refractivity contribution >= 4 is 11.8 Å². The molecule has 0 aromatic carbocycles. The minimum Gasteiger partial charge on any atom is -0.428 e. The summed E-state index contributed by atoms with van der Waals surface area (Å²) in [6.07, 6.45) is 0.736. The lowest BCUT2D eigenvalue weighted by Crippen LogP contribution is -2.07. The highest BCUT2D eigenvalue weighted by molar-refractivity contribution is 5.97. The summed E-state index contributed by atoms with van der Waals surface area (Å²) in [6, 6.07) is 0. The lowest BCUT2D eigenvalue weighted by atomic mass is 10.2. The summed E-state index contributed by atoms with van der Waals surface area (Å²) < 4.78 is 4.43. The Kier molecular flexibility index (Phi) is 8.27. The molecule has 2 aliphatic rings. The molecule has 0 amide bonds. The van der Waals surface area contributed by atoms with Crippen LogP contribution in [0, 0.1) is 0 Å². The van der Waals surface area contributed by atoms with Gasteiger partial charge in [-0.15, -0.1) is 0 Å². The Morgan fingerprint density at radius 1 is 1.05 bits per heavy atom. The second-order valence-electron chi connectivity index (χ2n) is 4.39. The quantitative estimate of drug-likeness (QED) is 0.686. The maximum atomic E-state index is 10.7. The SMILES string of the molecule is C.C.CC1=C(C)C(=O)CC1.CC1=C(C)C(O)OC1=O.[HH]. The number of aliphatic hydroxyl groups is 1. The molecular weight excluding hydrogens is 244 g/mol. The number of rotatable bonds is 0. The summed E-state index contributed by atoms with van der Waals surface area (Å²) in [5, 5.41) is 8.84. The second kappa shape index (κ2) is 7.89. The molecule has 0 spiro atoms. The highest BCUT2D eigenvalue weighted by Gasteiger charge is 2.25. The molecule has 0 fully saturated rings. The predicted octanol–water partition coefficient (Wildman–Crippen LogP) is 3.40. The maximum absolute atomic E-state index is 10.7. The van der Waals surface area contributed by atoms with Crippen molar-refractivity contribution in [3.05, 3.63) is 22.3 Å². The molecule has 0 saturated heterocycles. The molecule has 2 rings (SSSR count). The van der Waals surface area contributed by atoms with E-state index in [-0.39, 0.29) is 16.3 Å². The fraction of sp³-hybridized carbons (Fsp3) is 0.600. The van der Waals surface area contributed by atoms with Gasteiger partial charge in [0.25, 0.3) is 0 Å². The van der Waals surface area contributed by atoms with E-state index in [1.807, 2.05) is 13.8 Å². The molecule has 0 aromatic rings. The van der Waals surface area contributed by atoms with E-state index in [0.717, 1.165) is 18.4 Å². The normalized spacial score (nSPS) is 21.4. The molecule has 1 heterocycles. The van der Waals surface area contributed by atoms with Crippen LogP contribution in [0.2, 0.25) is 0 Å². The van der Waals surface area contributed by atoms with Gasteiger partial charge < -0.3 is 9.84 Å². The number of Topliss-reactive ketones (excluding diaryl/α,β-unsaturated/α-hetero) is 1. The number of ketones is 1. The van der Waals surface area contributed by atoms with Gasteiger partial charge in [-0.05, 0) is 39.7 Å². The van der Waals surface area contributed by atoms with E-state index in [2.05, 4.69) is 4.74 Å². The van der Waals surface area contributed by atoms with Gasteiger partial charge in [0.05, 0.1) is 0 Å². The zero-order valence-electron chi connectivity index (χ0n) is 10.7. The van der Waals surface area contributed by atoms with E-state index in [1.54, 1.807) is 13.8 Å². The van der Waals surface area contributed by atoms with Crippen LogP contribution in [-0.2, 0) is 14.3 Å². The lowest BCUT2D eigenvalue weighted by molar-refractivity contribution is -0.151. The largest absolute Gasteiger partial charge is 0.428 e. The maximum Gasteiger partial charge on any atom is 0.336 e. The monoisotopic (exact) mass is 272 g/mol. The van der Waals surface area contributed by atoms with Crippen LogP contribution in [0.25, 0.3) is 0 Å². The molecule has 1 N–H and O–H groups in total. The van der Waals surface area contributed by atoms with Gasteiger partial charge in [0.15, 0.2) is 5.78 Å². The Morgan fingerprint density at radius 3 is 1.68 bits per heavy atom. The summed E-state index contributed by atoms with van der Waals surface area (Å²) in [6.45, 7) is 7.24. The molecule has 19 heavy (non-hydrogen) atoms. The minimum atomic E-state index is -1.00. The van der Waals surface area contributed by atoms with Crippen molar-refractivity contribution in [2.45, 2.75) is 61.7 Å². The van der Waals surface area contributed by atoms with Crippen molar-refractivity contribution in [2.75, 3.05) is 0 Å². The number of cyclic esters (lactones) is 1. The first-order valence-corrected chi connectivity index (χ1v) is 5.60. The summed E-state index contributed by atoms with van der Waals surface area (Å²) in [4.78, 5) is 21.3. The number of esters is 1. The Balaban J connectivity index is -0.000000252.